The summed E-state index contributed by atoms with van der Waals surface area (Å²) in [4.78, 5) is 0. The van der Waals surface area contributed by atoms with Crippen molar-refractivity contribution >= 4 is 0 Å². The quantitative estimate of drug-likeness (QED) is 0.827. The Bertz CT molecular complexity index is 699. The predicted molar refractivity (Wildman–Crippen MR) is 85.3 cm³/mol. The Balaban J connectivity index is 2.31. The molecule has 1 unspecified atom stereocenters. The van der Waals surface area contributed by atoms with Crippen LogP contribution in [0.3, 0.4) is 0 Å². The van der Waals surface area contributed by atoms with Gasteiger partial charge in [0.05, 0.1) is 5.92 Å². The van der Waals surface area contributed by atoms with Crippen molar-refractivity contribution in [2.75, 3.05) is 0 Å². The lowest BCUT2D eigenvalue weighted by atomic mass is 9.78. The second kappa shape index (κ2) is 4.52. The third-order valence-corrected chi connectivity index (χ3v) is 4.74. The second-order valence-corrected chi connectivity index (χ2v) is 6.52. The number of rotatable bonds is 1. The summed E-state index contributed by atoms with van der Waals surface area (Å²) in [7, 11) is 0. The first kappa shape index (κ1) is 14.0. The number of hydrogen-bond donors (Lipinski definition) is 1. The average molecular weight is 282 g/mol. The minimum Gasteiger partial charge on any atom is -0.507 e. The minimum atomic E-state index is -0.320. The van der Waals surface area contributed by atoms with Crippen molar-refractivity contribution in [1.82, 2.24) is 0 Å². The molecule has 0 bridgehead atoms. The Labute approximate surface area is 126 Å². The van der Waals surface area contributed by atoms with Crippen LogP contribution in [-0.2, 0) is 0 Å². The first-order chi connectivity index (χ1) is 9.84. The molecule has 1 aliphatic rings. The van der Waals surface area contributed by atoms with Gasteiger partial charge in [-0.15, -0.1) is 0 Å². The lowest BCUT2D eigenvalue weighted by molar-refractivity contribution is 0.121. The van der Waals surface area contributed by atoms with E-state index < -0.39 is 0 Å². The van der Waals surface area contributed by atoms with E-state index in [9.17, 15) is 5.11 Å². The van der Waals surface area contributed by atoms with Crippen LogP contribution in [0, 0.1) is 20.8 Å². The number of ether oxygens (including phenoxy) is 1. The van der Waals surface area contributed by atoms with Crippen molar-refractivity contribution in [3.63, 3.8) is 0 Å². The van der Waals surface area contributed by atoms with Gasteiger partial charge in [0.25, 0.3) is 0 Å². The fourth-order valence-electron chi connectivity index (χ4n) is 3.49. The second-order valence-electron chi connectivity index (χ2n) is 6.52. The summed E-state index contributed by atoms with van der Waals surface area (Å²) in [6.45, 7) is 10.2. The SMILES string of the molecule is Cc1c(C)c2c(c(C)c1O)C(c1ccccc1)C(C)(C)O2. The van der Waals surface area contributed by atoms with Crippen molar-refractivity contribution in [1.29, 1.82) is 0 Å². The largest absolute Gasteiger partial charge is 0.507 e. The van der Waals surface area contributed by atoms with Crippen LogP contribution >= 0.6 is 0 Å². The maximum absolute atomic E-state index is 10.4. The van der Waals surface area contributed by atoms with Crippen LogP contribution < -0.4 is 4.74 Å². The molecule has 0 aromatic heterocycles. The smallest absolute Gasteiger partial charge is 0.127 e. The molecule has 110 valence electrons. The Kier molecular flexibility index (Phi) is 3.01. The summed E-state index contributed by atoms with van der Waals surface area (Å²) in [5.74, 6) is 1.48. The van der Waals surface area contributed by atoms with Crippen molar-refractivity contribution in [2.24, 2.45) is 0 Å². The number of hydrogen-bond acceptors (Lipinski definition) is 2. The molecule has 2 heteroatoms. The van der Waals surface area contributed by atoms with E-state index in [1.165, 1.54) is 5.56 Å². The topological polar surface area (TPSA) is 29.5 Å². The Morgan fingerprint density at radius 1 is 0.952 bits per heavy atom. The summed E-state index contributed by atoms with van der Waals surface area (Å²) >= 11 is 0. The van der Waals surface area contributed by atoms with Crippen molar-refractivity contribution < 1.29 is 9.84 Å². The van der Waals surface area contributed by atoms with Crippen molar-refractivity contribution in [3.05, 3.63) is 58.1 Å². The van der Waals surface area contributed by atoms with Crippen LogP contribution in [0.4, 0.5) is 0 Å². The van der Waals surface area contributed by atoms with Gasteiger partial charge in [0.1, 0.15) is 17.1 Å². The average Bonchev–Trinajstić information content (AvgIpc) is 2.75. The molecule has 2 nitrogen and oxygen atoms in total. The summed E-state index contributed by atoms with van der Waals surface area (Å²) < 4.78 is 6.30. The molecule has 3 rings (SSSR count). The fourth-order valence-corrected chi connectivity index (χ4v) is 3.49. The Morgan fingerprint density at radius 2 is 1.57 bits per heavy atom. The van der Waals surface area contributed by atoms with Gasteiger partial charge < -0.3 is 9.84 Å². The first-order valence-electron chi connectivity index (χ1n) is 7.41. The molecule has 0 amide bonds. The minimum absolute atomic E-state index is 0.138. The van der Waals surface area contributed by atoms with Gasteiger partial charge in [0.2, 0.25) is 0 Å². The van der Waals surface area contributed by atoms with Gasteiger partial charge in [-0.3, -0.25) is 0 Å². The van der Waals surface area contributed by atoms with Gasteiger partial charge in [-0.2, -0.15) is 0 Å². The molecule has 0 fully saturated rings. The summed E-state index contributed by atoms with van der Waals surface area (Å²) in [5, 5.41) is 10.4. The van der Waals surface area contributed by atoms with E-state index >= 15 is 0 Å². The maximum atomic E-state index is 10.4. The molecule has 21 heavy (non-hydrogen) atoms. The van der Waals surface area contributed by atoms with Crippen LogP contribution in [-0.4, -0.2) is 10.7 Å². The lowest BCUT2D eigenvalue weighted by Gasteiger charge is -2.27. The van der Waals surface area contributed by atoms with E-state index in [2.05, 4.69) is 38.1 Å². The first-order valence-corrected chi connectivity index (χ1v) is 7.41. The number of phenolic OH excluding ortho intramolecular Hbond substituents is 1. The highest BCUT2D eigenvalue weighted by atomic mass is 16.5. The van der Waals surface area contributed by atoms with E-state index in [-0.39, 0.29) is 11.5 Å². The molecule has 1 heterocycles. The molecule has 0 spiro atoms. The summed E-state index contributed by atoms with van der Waals surface area (Å²) in [6, 6.07) is 10.4. The normalized spacial score (nSPS) is 19.2. The fraction of sp³-hybridized carbons (Fsp3) is 0.368. The van der Waals surface area contributed by atoms with E-state index in [0.717, 1.165) is 28.0 Å². The lowest BCUT2D eigenvalue weighted by Crippen LogP contribution is -2.31. The molecule has 0 saturated carbocycles. The van der Waals surface area contributed by atoms with Gasteiger partial charge >= 0.3 is 0 Å². The van der Waals surface area contributed by atoms with Crippen LogP contribution in [0.5, 0.6) is 11.5 Å². The third-order valence-electron chi connectivity index (χ3n) is 4.74. The molecular weight excluding hydrogens is 260 g/mol. The number of fused-ring (bicyclic) bond motifs is 1. The summed E-state index contributed by atoms with van der Waals surface area (Å²) in [5.41, 5.74) is 4.93. The molecule has 2 aromatic rings. The highest BCUT2D eigenvalue weighted by Gasteiger charge is 2.44. The van der Waals surface area contributed by atoms with Gasteiger partial charge in [0, 0.05) is 5.56 Å². The molecule has 0 saturated heterocycles. The van der Waals surface area contributed by atoms with Crippen LogP contribution in [0.1, 0.15) is 47.6 Å². The van der Waals surface area contributed by atoms with E-state index in [1.807, 2.05) is 26.8 Å². The molecule has 0 aliphatic carbocycles. The zero-order chi connectivity index (χ0) is 15.4. The van der Waals surface area contributed by atoms with Crippen LogP contribution in [0.2, 0.25) is 0 Å². The number of benzene rings is 2. The third kappa shape index (κ3) is 1.93. The van der Waals surface area contributed by atoms with Gasteiger partial charge in [-0.25, -0.2) is 0 Å². The Hall–Kier alpha value is -1.96. The molecule has 1 N–H and O–H groups in total. The van der Waals surface area contributed by atoms with Crippen molar-refractivity contribution in [2.45, 2.75) is 46.1 Å². The van der Waals surface area contributed by atoms with E-state index in [4.69, 9.17) is 4.74 Å². The molecule has 1 atom stereocenters. The van der Waals surface area contributed by atoms with Gasteiger partial charge in [0.15, 0.2) is 0 Å². The number of phenols is 1. The molecule has 2 aromatic carbocycles. The number of aromatic hydroxyl groups is 1. The Morgan fingerprint density at radius 3 is 2.19 bits per heavy atom. The predicted octanol–water partition coefficient (Wildman–Crippen LogP) is 4.62. The van der Waals surface area contributed by atoms with Gasteiger partial charge in [-0.05, 0) is 56.9 Å². The molecule has 1 aliphatic heterocycles. The zero-order valence-corrected chi connectivity index (χ0v) is 13.3. The van der Waals surface area contributed by atoms with E-state index in [1.54, 1.807) is 0 Å². The monoisotopic (exact) mass is 282 g/mol. The van der Waals surface area contributed by atoms with E-state index in [0.29, 0.717) is 5.75 Å². The maximum Gasteiger partial charge on any atom is 0.127 e. The van der Waals surface area contributed by atoms with Crippen LogP contribution in [0.15, 0.2) is 30.3 Å². The standard InChI is InChI=1S/C19H22O2/c1-11-12(2)18-15(13(3)17(11)20)16(19(4,5)21-18)14-9-7-6-8-10-14/h6-10,16,20H,1-5H3. The molecular formula is C19H22O2. The highest BCUT2D eigenvalue weighted by Crippen LogP contribution is 2.53. The zero-order valence-electron chi connectivity index (χ0n) is 13.3. The highest BCUT2D eigenvalue weighted by molar-refractivity contribution is 5.63. The van der Waals surface area contributed by atoms with Gasteiger partial charge in [-0.1, -0.05) is 30.3 Å². The summed E-state index contributed by atoms with van der Waals surface area (Å²) in [6.07, 6.45) is 0. The molecule has 0 radical (unpaired) electrons. The van der Waals surface area contributed by atoms with Crippen LogP contribution in [0.25, 0.3) is 0 Å². The van der Waals surface area contributed by atoms with Crippen molar-refractivity contribution in [3.8, 4) is 11.5 Å².